The molecule has 0 aliphatic carbocycles. The highest BCUT2D eigenvalue weighted by molar-refractivity contribution is 8.14. The number of nitrogens with one attached hydrogen (secondary N) is 1. The van der Waals surface area contributed by atoms with Crippen molar-refractivity contribution < 1.29 is 22.7 Å². The Morgan fingerprint density at radius 3 is 2.57 bits per heavy atom. The topological polar surface area (TPSA) is 84.6 Å². The monoisotopic (exact) mass is 650 g/mol. The van der Waals surface area contributed by atoms with Crippen molar-refractivity contribution in [3.05, 3.63) is 89.7 Å². The van der Waals surface area contributed by atoms with Crippen molar-refractivity contribution in [3.63, 3.8) is 0 Å². The van der Waals surface area contributed by atoms with Crippen molar-refractivity contribution in [2.45, 2.75) is 65.3 Å². The van der Waals surface area contributed by atoms with E-state index >= 15 is 0 Å². The van der Waals surface area contributed by atoms with Crippen molar-refractivity contribution in [1.29, 1.82) is 0 Å². The second-order valence-corrected chi connectivity index (χ2v) is 12.3. The molecule has 1 atom stereocenters. The molecule has 2 amide bonds. The molecule has 0 bridgehead atoms. The number of carbonyl (C=O) groups excluding carboxylic acids is 1. The van der Waals surface area contributed by atoms with Crippen LogP contribution in [-0.2, 0) is 12.8 Å². The van der Waals surface area contributed by atoms with E-state index in [4.69, 9.17) is 0 Å². The van der Waals surface area contributed by atoms with Gasteiger partial charge in [-0.25, -0.2) is 14.5 Å². The number of aryl methyl sites for hydroxylation is 3. The van der Waals surface area contributed by atoms with Gasteiger partial charge < -0.3 is 15.0 Å². The molecule has 1 fully saturated rings. The standard InChI is InChI=1S/C34H37F3N6O2S/c1-4-6-26-12-7-23(2)21-30(26)42-19-5-20-46-33(42)40-32(44)39-24(3)8-9-25-10-13-27(14-11-25)31-38-22-43(41-31)28-15-17-29(18-16-28)45-34(35,36)37/h7,10-18,21-22,24H,4-6,8-9,19-20H2,1-3H3,(H,39,44). The van der Waals surface area contributed by atoms with E-state index in [1.54, 1.807) is 11.8 Å². The van der Waals surface area contributed by atoms with Gasteiger partial charge in [0, 0.05) is 29.6 Å². The van der Waals surface area contributed by atoms with Crippen molar-refractivity contribution in [2.75, 3.05) is 17.2 Å². The predicted molar refractivity (Wildman–Crippen MR) is 177 cm³/mol. The summed E-state index contributed by atoms with van der Waals surface area (Å²) in [5, 5.41) is 8.25. The second-order valence-electron chi connectivity index (χ2n) is 11.3. The molecule has 1 aromatic heterocycles. The third kappa shape index (κ3) is 8.90. The number of ether oxygens (including phenoxy) is 1. The third-order valence-electron chi connectivity index (χ3n) is 7.51. The Labute approximate surface area is 271 Å². The molecule has 8 nitrogen and oxygen atoms in total. The lowest BCUT2D eigenvalue weighted by Crippen LogP contribution is -2.37. The number of nitrogens with zero attached hydrogens (tertiary/aromatic N) is 5. The summed E-state index contributed by atoms with van der Waals surface area (Å²) >= 11 is 1.63. The summed E-state index contributed by atoms with van der Waals surface area (Å²) in [5.41, 5.74) is 6.08. The summed E-state index contributed by atoms with van der Waals surface area (Å²) in [5.74, 6) is 1.12. The first-order chi connectivity index (χ1) is 22.1. The molecule has 1 unspecified atom stereocenters. The van der Waals surface area contributed by atoms with E-state index in [0.29, 0.717) is 11.5 Å². The highest BCUT2D eigenvalue weighted by Crippen LogP contribution is 2.30. The maximum absolute atomic E-state index is 13.0. The van der Waals surface area contributed by atoms with Gasteiger partial charge in [-0.05, 0) is 86.6 Å². The minimum Gasteiger partial charge on any atom is -0.406 e. The van der Waals surface area contributed by atoms with Crippen LogP contribution in [0.25, 0.3) is 17.1 Å². The van der Waals surface area contributed by atoms with Gasteiger partial charge in [-0.2, -0.15) is 4.99 Å². The number of rotatable bonds is 10. The highest BCUT2D eigenvalue weighted by Gasteiger charge is 2.31. The number of benzene rings is 3. The number of hydrogen-bond acceptors (Lipinski definition) is 5. The van der Waals surface area contributed by atoms with Crippen LogP contribution in [0.3, 0.4) is 0 Å². The molecule has 3 aromatic carbocycles. The first kappa shape index (κ1) is 33.1. The predicted octanol–water partition coefficient (Wildman–Crippen LogP) is 8.12. The van der Waals surface area contributed by atoms with Gasteiger partial charge in [0.1, 0.15) is 12.1 Å². The molecule has 0 spiro atoms. The molecule has 4 aromatic rings. The molecular weight excluding hydrogens is 613 g/mol. The smallest absolute Gasteiger partial charge is 0.406 e. The summed E-state index contributed by atoms with van der Waals surface area (Å²) < 4.78 is 42.7. The SMILES string of the molecule is CCCc1ccc(C)cc1N1CCCSC1=NC(=O)NC(C)CCc1ccc(-c2ncn(-c3ccc(OC(F)(F)F)cc3)n2)cc1. The zero-order valence-corrected chi connectivity index (χ0v) is 26.9. The van der Waals surface area contributed by atoms with E-state index in [0.717, 1.165) is 66.4 Å². The Kier molecular flexibility index (Phi) is 10.7. The van der Waals surface area contributed by atoms with Crippen LogP contribution in [0.4, 0.5) is 23.7 Å². The molecule has 12 heteroatoms. The number of thioether (sulfide) groups is 1. The van der Waals surface area contributed by atoms with Gasteiger partial charge in [-0.3, -0.25) is 0 Å². The zero-order valence-electron chi connectivity index (χ0n) is 26.1. The number of anilines is 1. The van der Waals surface area contributed by atoms with Crippen molar-refractivity contribution in [1.82, 2.24) is 20.1 Å². The minimum atomic E-state index is -4.74. The number of aliphatic imine (C=N–C) groups is 1. The van der Waals surface area contributed by atoms with Crippen molar-refractivity contribution in [3.8, 4) is 22.8 Å². The molecule has 5 rings (SSSR count). The van der Waals surface area contributed by atoms with Crippen LogP contribution in [0, 0.1) is 6.92 Å². The summed E-state index contributed by atoms with van der Waals surface area (Å²) in [6.45, 7) is 7.09. The fourth-order valence-electron chi connectivity index (χ4n) is 5.21. The first-order valence-electron chi connectivity index (χ1n) is 15.3. The highest BCUT2D eigenvalue weighted by atomic mass is 32.2. The summed E-state index contributed by atoms with van der Waals surface area (Å²) in [6, 6.07) is 19.4. The van der Waals surface area contributed by atoms with Crippen molar-refractivity contribution in [2.24, 2.45) is 4.99 Å². The molecule has 0 radical (unpaired) electrons. The molecule has 0 saturated carbocycles. The number of hydrogen-bond donors (Lipinski definition) is 1. The van der Waals surface area contributed by atoms with Gasteiger partial charge in [0.15, 0.2) is 11.0 Å². The van der Waals surface area contributed by atoms with Crippen LogP contribution in [0.5, 0.6) is 5.75 Å². The normalized spacial score (nSPS) is 15.2. The number of alkyl halides is 3. The zero-order chi connectivity index (χ0) is 32.7. The summed E-state index contributed by atoms with van der Waals surface area (Å²) in [6.07, 6.45) is 1.34. The lowest BCUT2D eigenvalue weighted by atomic mass is 10.0. The number of halogens is 3. The van der Waals surface area contributed by atoms with E-state index in [1.807, 2.05) is 31.2 Å². The number of urea groups is 1. The largest absolute Gasteiger partial charge is 0.573 e. The average molecular weight is 651 g/mol. The fourth-order valence-corrected chi connectivity index (χ4v) is 6.16. The lowest BCUT2D eigenvalue weighted by molar-refractivity contribution is -0.274. The van der Waals surface area contributed by atoms with Crippen LogP contribution in [0.2, 0.25) is 0 Å². The summed E-state index contributed by atoms with van der Waals surface area (Å²) in [4.78, 5) is 24.0. The lowest BCUT2D eigenvalue weighted by Gasteiger charge is -2.31. The van der Waals surface area contributed by atoms with Gasteiger partial charge in [-0.1, -0.05) is 61.5 Å². The Morgan fingerprint density at radius 2 is 1.85 bits per heavy atom. The maximum Gasteiger partial charge on any atom is 0.573 e. The van der Waals surface area contributed by atoms with Gasteiger partial charge in [0.05, 0.1) is 5.69 Å². The molecule has 2 heterocycles. The first-order valence-corrected chi connectivity index (χ1v) is 16.3. The molecule has 46 heavy (non-hydrogen) atoms. The van der Waals surface area contributed by atoms with Crippen molar-refractivity contribution >= 4 is 28.6 Å². The number of amidine groups is 1. The second kappa shape index (κ2) is 14.8. The Hall–Kier alpha value is -4.32. The number of carbonyl (C=O) groups is 1. The van der Waals surface area contributed by atoms with E-state index in [2.05, 4.69) is 62.1 Å². The molecule has 1 saturated heterocycles. The molecular formula is C34H37F3N6O2S. The maximum atomic E-state index is 13.0. The minimum absolute atomic E-state index is 0.0709. The van der Waals surface area contributed by atoms with Gasteiger partial charge >= 0.3 is 12.4 Å². The number of amides is 2. The Bertz CT molecular complexity index is 1650. The van der Waals surface area contributed by atoms with Gasteiger partial charge in [0.2, 0.25) is 0 Å². The Morgan fingerprint density at radius 1 is 1.09 bits per heavy atom. The quantitative estimate of drug-likeness (QED) is 0.187. The van der Waals surface area contributed by atoms with E-state index < -0.39 is 6.36 Å². The molecule has 1 aliphatic rings. The van der Waals surface area contributed by atoms with Gasteiger partial charge in [0.25, 0.3) is 0 Å². The van der Waals surface area contributed by atoms with Crippen LogP contribution < -0.4 is 15.0 Å². The molecule has 1 aliphatic heterocycles. The van der Waals surface area contributed by atoms with Gasteiger partial charge in [-0.15, -0.1) is 18.3 Å². The summed E-state index contributed by atoms with van der Waals surface area (Å²) in [7, 11) is 0. The third-order valence-corrected chi connectivity index (χ3v) is 8.57. The molecule has 242 valence electrons. The van der Waals surface area contributed by atoms with Crippen LogP contribution >= 0.6 is 11.8 Å². The average Bonchev–Trinajstić information content (AvgIpc) is 3.52. The fraction of sp³-hybridized carbons (Fsp3) is 0.353. The molecule has 1 N–H and O–H groups in total. The van der Waals surface area contributed by atoms with Crippen LogP contribution in [0.1, 0.15) is 49.8 Å². The Balaban J connectivity index is 1.15. The van der Waals surface area contributed by atoms with Crippen LogP contribution in [-0.4, -0.2) is 50.7 Å². The number of aromatic nitrogens is 3. The van der Waals surface area contributed by atoms with E-state index in [-0.39, 0.29) is 17.8 Å². The van der Waals surface area contributed by atoms with E-state index in [1.165, 1.54) is 46.4 Å². The van der Waals surface area contributed by atoms with Crippen LogP contribution in [0.15, 0.2) is 78.0 Å². The van der Waals surface area contributed by atoms with E-state index in [9.17, 15) is 18.0 Å².